The summed E-state index contributed by atoms with van der Waals surface area (Å²) in [6.07, 6.45) is 4.42. The second kappa shape index (κ2) is 8.17. The second-order valence-corrected chi connectivity index (χ2v) is 6.84. The predicted molar refractivity (Wildman–Crippen MR) is 96.5 cm³/mol. The van der Waals surface area contributed by atoms with Crippen molar-refractivity contribution in [2.75, 3.05) is 6.61 Å². The van der Waals surface area contributed by atoms with Gasteiger partial charge in [0.1, 0.15) is 17.0 Å². The molecule has 1 N–H and O–H groups in total. The summed E-state index contributed by atoms with van der Waals surface area (Å²) in [5.41, 5.74) is 1.45. The standard InChI is InChI=1S/C20H24N2O4/c1-13-8-6-7-11-16(13)21-17(23)12-25-20(24)18-14(2)26-22-19(18)15-9-4-3-5-10-15/h3-5,9-10,13,16H,6-8,11-12H2,1-2H3,(H,21,23)/t13-,16-/m1/s1. The number of ether oxygens (including phenoxy) is 1. The lowest BCUT2D eigenvalue weighted by Gasteiger charge is -2.29. The zero-order valence-corrected chi connectivity index (χ0v) is 15.2. The third kappa shape index (κ3) is 4.12. The number of rotatable bonds is 5. The minimum atomic E-state index is -0.602. The van der Waals surface area contributed by atoms with Gasteiger partial charge < -0.3 is 14.6 Å². The van der Waals surface area contributed by atoms with Crippen molar-refractivity contribution in [3.05, 3.63) is 41.7 Å². The van der Waals surface area contributed by atoms with Crippen molar-refractivity contribution in [1.29, 1.82) is 0 Å². The minimum Gasteiger partial charge on any atom is -0.452 e. The van der Waals surface area contributed by atoms with Gasteiger partial charge >= 0.3 is 5.97 Å². The fraction of sp³-hybridized carbons (Fsp3) is 0.450. The molecule has 1 aliphatic carbocycles. The normalized spacial score (nSPS) is 19.8. The molecule has 0 aliphatic heterocycles. The Kier molecular flexibility index (Phi) is 5.71. The molecule has 1 fully saturated rings. The van der Waals surface area contributed by atoms with Crippen LogP contribution in [-0.2, 0) is 9.53 Å². The van der Waals surface area contributed by atoms with E-state index in [9.17, 15) is 9.59 Å². The van der Waals surface area contributed by atoms with Crippen LogP contribution in [-0.4, -0.2) is 29.7 Å². The Hall–Kier alpha value is -2.63. The van der Waals surface area contributed by atoms with Crippen LogP contribution in [0.1, 0.15) is 48.7 Å². The van der Waals surface area contributed by atoms with Crippen LogP contribution in [0.5, 0.6) is 0 Å². The van der Waals surface area contributed by atoms with Crippen molar-refractivity contribution in [2.45, 2.75) is 45.6 Å². The Morgan fingerprint density at radius 2 is 1.96 bits per heavy atom. The fourth-order valence-corrected chi connectivity index (χ4v) is 3.39. The van der Waals surface area contributed by atoms with E-state index in [0.717, 1.165) is 24.8 Å². The molecular formula is C20H24N2O4. The first kappa shape index (κ1) is 18.2. The molecular weight excluding hydrogens is 332 g/mol. The molecule has 1 aromatic carbocycles. The van der Waals surface area contributed by atoms with Gasteiger partial charge in [-0.05, 0) is 25.7 Å². The van der Waals surface area contributed by atoms with Gasteiger partial charge in [-0.2, -0.15) is 0 Å². The maximum Gasteiger partial charge on any atom is 0.344 e. The molecule has 1 amide bonds. The number of carbonyl (C=O) groups is 2. The first-order valence-corrected chi connectivity index (χ1v) is 9.04. The van der Waals surface area contributed by atoms with Crippen molar-refractivity contribution in [3.63, 3.8) is 0 Å². The van der Waals surface area contributed by atoms with E-state index in [1.165, 1.54) is 6.42 Å². The summed E-state index contributed by atoms with van der Waals surface area (Å²) < 4.78 is 10.4. The van der Waals surface area contributed by atoms with E-state index in [1.807, 2.05) is 30.3 Å². The zero-order chi connectivity index (χ0) is 18.5. The Bertz CT molecular complexity index is 769. The molecule has 0 spiro atoms. The van der Waals surface area contributed by atoms with Crippen molar-refractivity contribution in [1.82, 2.24) is 10.5 Å². The van der Waals surface area contributed by atoms with Crippen molar-refractivity contribution < 1.29 is 18.8 Å². The number of amides is 1. The maximum absolute atomic E-state index is 12.5. The first-order chi connectivity index (χ1) is 12.6. The molecule has 138 valence electrons. The quantitative estimate of drug-likeness (QED) is 0.829. The van der Waals surface area contributed by atoms with Crippen LogP contribution in [0, 0.1) is 12.8 Å². The van der Waals surface area contributed by atoms with Crippen LogP contribution in [0.2, 0.25) is 0 Å². The highest BCUT2D eigenvalue weighted by molar-refractivity contribution is 5.98. The molecule has 6 heteroatoms. The van der Waals surface area contributed by atoms with E-state index in [0.29, 0.717) is 17.4 Å². The summed E-state index contributed by atoms with van der Waals surface area (Å²) in [7, 11) is 0. The molecule has 1 heterocycles. The Morgan fingerprint density at radius 1 is 1.23 bits per heavy atom. The van der Waals surface area contributed by atoms with Crippen LogP contribution in [0.3, 0.4) is 0 Å². The zero-order valence-electron chi connectivity index (χ0n) is 15.2. The van der Waals surface area contributed by atoms with Gasteiger partial charge in [0, 0.05) is 11.6 Å². The van der Waals surface area contributed by atoms with E-state index in [2.05, 4.69) is 17.4 Å². The number of hydrogen-bond acceptors (Lipinski definition) is 5. The SMILES string of the molecule is Cc1onc(-c2ccccc2)c1C(=O)OCC(=O)N[C@@H]1CCCC[C@H]1C. The van der Waals surface area contributed by atoms with E-state index in [1.54, 1.807) is 6.92 Å². The molecule has 1 saturated carbocycles. The smallest absolute Gasteiger partial charge is 0.344 e. The molecule has 1 aliphatic rings. The summed E-state index contributed by atoms with van der Waals surface area (Å²) in [5, 5.41) is 6.94. The predicted octanol–water partition coefficient (Wildman–Crippen LogP) is 3.50. The minimum absolute atomic E-state index is 0.159. The average molecular weight is 356 g/mol. The summed E-state index contributed by atoms with van der Waals surface area (Å²) in [5.74, 6) is -0.0505. The van der Waals surface area contributed by atoms with Gasteiger partial charge in [0.15, 0.2) is 6.61 Å². The fourth-order valence-electron chi connectivity index (χ4n) is 3.39. The van der Waals surface area contributed by atoms with E-state index in [-0.39, 0.29) is 24.1 Å². The highest BCUT2D eigenvalue weighted by Crippen LogP contribution is 2.26. The van der Waals surface area contributed by atoms with Gasteiger partial charge in [0.25, 0.3) is 5.91 Å². The van der Waals surface area contributed by atoms with E-state index < -0.39 is 5.97 Å². The van der Waals surface area contributed by atoms with Crippen LogP contribution in [0.25, 0.3) is 11.3 Å². The molecule has 0 bridgehead atoms. The summed E-state index contributed by atoms with van der Waals surface area (Å²) in [4.78, 5) is 24.6. The molecule has 0 radical (unpaired) electrons. The topological polar surface area (TPSA) is 81.4 Å². The van der Waals surface area contributed by atoms with Gasteiger partial charge in [-0.15, -0.1) is 0 Å². The number of benzene rings is 1. The number of nitrogens with zero attached hydrogens (tertiary/aromatic N) is 1. The number of aromatic nitrogens is 1. The molecule has 0 unspecified atom stereocenters. The van der Waals surface area contributed by atoms with Crippen molar-refractivity contribution in [2.24, 2.45) is 5.92 Å². The lowest BCUT2D eigenvalue weighted by molar-refractivity contribution is -0.125. The Morgan fingerprint density at radius 3 is 2.69 bits per heavy atom. The molecule has 6 nitrogen and oxygen atoms in total. The number of esters is 1. The number of nitrogens with one attached hydrogen (secondary N) is 1. The first-order valence-electron chi connectivity index (χ1n) is 9.04. The van der Waals surface area contributed by atoms with Gasteiger partial charge in [0.05, 0.1) is 0 Å². The summed E-state index contributed by atoms with van der Waals surface area (Å²) >= 11 is 0. The third-order valence-corrected chi connectivity index (χ3v) is 4.91. The molecule has 2 atom stereocenters. The molecule has 1 aromatic heterocycles. The maximum atomic E-state index is 12.5. The lowest BCUT2D eigenvalue weighted by Crippen LogP contribution is -2.42. The molecule has 3 rings (SSSR count). The monoisotopic (exact) mass is 356 g/mol. The van der Waals surface area contributed by atoms with Gasteiger partial charge in [-0.25, -0.2) is 4.79 Å². The highest BCUT2D eigenvalue weighted by atomic mass is 16.5. The number of hydrogen-bond donors (Lipinski definition) is 1. The van der Waals surface area contributed by atoms with Crippen LogP contribution in [0.15, 0.2) is 34.9 Å². The average Bonchev–Trinajstić information content (AvgIpc) is 3.04. The molecule has 26 heavy (non-hydrogen) atoms. The van der Waals surface area contributed by atoms with Crippen LogP contribution >= 0.6 is 0 Å². The van der Waals surface area contributed by atoms with Crippen LogP contribution in [0.4, 0.5) is 0 Å². The summed E-state index contributed by atoms with van der Waals surface area (Å²) in [6.45, 7) is 3.49. The Labute approximate surface area is 152 Å². The van der Waals surface area contributed by atoms with Gasteiger partial charge in [0.2, 0.25) is 0 Å². The molecule has 0 saturated heterocycles. The van der Waals surface area contributed by atoms with Crippen molar-refractivity contribution >= 4 is 11.9 Å². The van der Waals surface area contributed by atoms with Crippen LogP contribution < -0.4 is 5.32 Å². The number of aryl methyl sites for hydroxylation is 1. The second-order valence-electron chi connectivity index (χ2n) is 6.84. The largest absolute Gasteiger partial charge is 0.452 e. The summed E-state index contributed by atoms with van der Waals surface area (Å²) in [6, 6.07) is 9.43. The Balaban J connectivity index is 1.62. The third-order valence-electron chi connectivity index (χ3n) is 4.91. The van der Waals surface area contributed by atoms with Crippen molar-refractivity contribution in [3.8, 4) is 11.3 Å². The highest BCUT2D eigenvalue weighted by Gasteiger charge is 2.25. The van der Waals surface area contributed by atoms with Gasteiger partial charge in [-0.1, -0.05) is 55.3 Å². The lowest BCUT2D eigenvalue weighted by atomic mass is 9.86. The molecule has 2 aromatic rings. The van der Waals surface area contributed by atoms with E-state index in [4.69, 9.17) is 9.26 Å². The van der Waals surface area contributed by atoms with E-state index >= 15 is 0 Å². The van der Waals surface area contributed by atoms with Gasteiger partial charge in [-0.3, -0.25) is 4.79 Å². The number of carbonyl (C=O) groups excluding carboxylic acids is 2.